The van der Waals surface area contributed by atoms with Crippen molar-refractivity contribution in [3.8, 4) is 0 Å². The summed E-state index contributed by atoms with van der Waals surface area (Å²) >= 11 is 0. The maximum atomic E-state index is 8.58. The van der Waals surface area contributed by atoms with E-state index in [0.29, 0.717) is 5.71 Å². The van der Waals surface area contributed by atoms with Gasteiger partial charge in [0.15, 0.2) is 0 Å². The average molecular weight is 205 g/mol. The molecule has 4 nitrogen and oxygen atoms in total. The summed E-state index contributed by atoms with van der Waals surface area (Å²) in [6, 6.07) is 5.69. The van der Waals surface area contributed by atoms with Crippen LogP contribution in [0.5, 0.6) is 0 Å². The number of nitrogens with zero attached hydrogens (tertiary/aromatic N) is 3. The summed E-state index contributed by atoms with van der Waals surface area (Å²) in [6.07, 6.45) is 1.74. The van der Waals surface area contributed by atoms with Crippen LogP contribution in [0.4, 0.5) is 0 Å². The third kappa shape index (κ3) is 3.16. The fourth-order valence-electron chi connectivity index (χ4n) is 1.15. The third-order valence-corrected chi connectivity index (χ3v) is 2.18. The van der Waals surface area contributed by atoms with Gasteiger partial charge in [0.25, 0.3) is 0 Å². The minimum atomic E-state index is -0.0251. The highest BCUT2D eigenvalue weighted by molar-refractivity contribution is 6.40. The monoisotopic (exact) mass is 205 g/mol. The smallest absolute Gasteiger partial charge is 0.0971 e. The van der Waals surface area contributed by atoms with Gasteiger partial charge in [-0.05, 0) is 32.9 Å². The molecule has 80 valence electrons. The van der Waals surface area contributed by atoms with Gasteiger partial charge in [-0.15, -0.1) is 0 Å². The molecule has 0 aliphatic rings. The maximum Gasteiger partial charge on any atom is 0.0971 e. The van der Waals surface area contributed by atoms with Gasteiger partial charge in [0.1, 0.15) is 0 Å². The van der Waals surface area contributed by atoms with Crippen LogP contribution in [0.1, 0.15) is 32.5 Å². The van der Waals surface area contributed by atoms with Gasteiger partial charge >= 0.3 is 0 Å². The Labute approximate surface area is 89.4 Å². The van der Waals surface area contributed by atoms with Crippen LogP contribution in [0.2, 0.25) is 0 Å². The number of pyridine rings is 1. The summed E-state index contributed by atoms with van der Waals surface area (Å²) in [5.41, 5.74) is 2.15. The fraction of sp³-hybridized carbons (Fsp3) is 0.364. The molecule has 0 aliphatic carbocycles. The van der Waals surface area contributed by atoms with Gasteiger partial charge < -0.3 is 5.21 Å². The SMILES string of the molecule is CC(=NO)C(C)=NC(C)c1ccccn1. The van der Waals surface area contributed by atoms with Crippen LogP contribution in [0.25, 0.3) is 0 Å². The van der Waals surface area contributed by atoms with Crippen molar-refractivity contribution in [2.45, 2.75) is 26.8 Å². The molecular weight excluding hydrogens is 190 g/mol. The first-order valence-corrected chi connectivity index (χ1v) is 4.79. The Kier molecular flexibility index (Phi) is 3.97. The van der Waals surface area contributed by atoms with E-state index >= 15 is 0 Å². The molecule has 15 heavy (non-hydrogen) atoms. The number of rotatable bonds is 3. The maximum absolute atomic E-state index is 8.58. The van der Waals surface area contributed by atoms with Crippen molar-refractivity contribution in [3.05, 3.63) is 30.1 Å². The van der Waals surface area contributed by atoms with Gasteiger partial charge in [0, 0.05) is 6.20 Å². The Morgan fingerprint density at radius 2 is 2.07 bits per heavy atom. The summed E-state index contributed by atoms with van der Waals surface area (Å²) in [4.78, 5) is 8.59. The quantitative estimate of drug-likeness (QED) is 0.468. The van der Waals surface area contributed by atoms with E-state index in [9.17, 15) is 0 Å². The molecule has 1 rings (SSSR count). The van der Waals surface area contributed by atoms with Gasteiger partial charge in [0.2, 0.25) is 0 Å². The Hall–Kier alpha value is -1.71. The molecule has 1 unspecified atom stereocenters. The fourth-order valence-corrected chi connectivity index (χ4v) is 1.15. The number of aliphatic imine (C=N–C) groups is 1. The molecule has 1 atom stereocenters. The van der Waals surface area contributed by atoms with Crippen molar-refractivity contribution >= 4 is 11.4 Å². The number of hydrogen-bond donors (Lipinski definition) is 1. The van der Waals surface area contributed by atoms with Gasteiger partial charge in [-0.25, -0.2) is 0 Å². The third-order valence-electron chi connectivity index (χ3n) is 2.18. The van der Waals surface area contributed by atoms with Crippen molar-refractivity contribution < 1.29 is 5.21 Å². The molecule has 0 radical (unpaired) electrons. The predicted octanol–water partition coefficient (Wildman–Crippen LogP) is 2.45. The summed E-state index contributed by atoms with van der Waals surface area (Å²) in [5, 5.41) is 11.7. The summed E-state index contributed by atoms with van der Waals surface area (Å²) in [6.45, 7) is 5.48. The lowest BCUT2D eigenvalue weighted by Crippen LogP contribution is -2.07. The Balaban J connectivity index is 2.84. The first kappa shape index (κ1) is 11.4. The molecule has 0 aliphatic heterocycles. The Morgan fingerprint density at radius 1 is 1.33 bits per heavy atom. The van der Waals surface area contributed by atoms with Gasteiger partial charge in [0.05, 0.1) is 23.2 Å². The minimum Gasteiger partial charge on any atom is -0.411 e. The van der Waals surface area contributed by atoms with E-state index in [1.54, 1.807) is 13.1 Å². The molecule has 0 fully saturated rings. The molecule has 1 aromatic heterocycles. The van der Waals surface area contributed by atoms with E-state index in [0.717, 1.165) is 11.4 Å². The highest BCUT2D eigenvalue weighted by atomic mass is 16.4. The zero-order valence-electron chi connectivity index (χ0n) is 9.18. The van der Waals surface area contributed by atoms with E-state index in [1.807, 2.05) is 32.0 Å². The van der Waals surface area contributed by atoms with Crippen LogP contribution in [-0.4, -0.2) is 21.6 Å². The van der Waals surface area contributed by atoms with Gasteiger partial charge in [-0.3, -0.25) is 9.98 Å². The van der Waals surface area contributed by atoms with Crippen LogP contribution in [-0.2, 0) is 0 Å². The summed E-state index contributed by atoms with van der Waals surface area (Å²) in [7, 11) is 0. The number of aromatic nitrogens is 1. The molecule has 0 aromatic carbocycles. The molecule has 0 saturated heterocycles. The molecule has 1 heterocycles. The largest absolute Gasteiger partial charge is 0.411 e. The van der Waals surface area contributed by atoms with Crippen molar-refractivity contribution in [2.24, 2.45) is 10.1 Å². The molecule has 0 saturated carbocycles. The number of oxime groups is 1. The zero-order valence-corrected chi connectivity index (χ0v) is 9.18. The van der Waals surface area contributed by atoms with E-state index in [4.69, 9.17) is 5.21 Å². The second-order valence-corrected chi connectivity index (χ2v) is 3.33. The second kappa shape index (κ2) is 5.24. The standard InChI is InChI=1S/C11H15N3O/c1-8(9(2)14-15)13-10(3)11-6-4-5-7-12-11/h4-7,10,15H,1-3H3. The lowest BCUT2D eigenvalue weighted by molar-refractivity contribution is 0.320. The van der Waals surface area contributed by atoms with Crippen LogP contribution in [0.15, 0.2) is 34.5 Å². The summed E-state index contributed by atoms with van der Waals surface area (Å²) < 4.78 is 0. The molecule has 0 amide bonds. The number of hydrogen-bond acceptors (Lipinski definition) is 4. The first-order chi connectivity index (χ1) is 7.15. The van der Waals surface area contributed by atoms with Crippen molar-refractivity contribution in [3.63, 3.8) is 0 Å². The molecular formula is C11H15N3O. The van der Waals surface area contributed by atoms with Crippen LogP contribution in [0.3, 0.4) is 0 Å². The second-order valence-electron chi connectivity index (χ2n) is 3.33. The van der Waals surface area contributed by atoms with Gasteiger partial charge in [-0.1, -0.05) is 11.2 Å². The lowest BCUT2D eigenvalue weighted by Gasteiger charge is -2.06. The van der Waals surface area contributed by atoms with Crippen LogP contribution < -0.4 is 0 Å². The van der Waals surface area contributed by atoms with Crippen molar-refractivity contribution in [1.82, 2.24) is 4.98 Å². The molecule has 1 aromatic rings. The summed E-state index contributed by atoms with van der Waals surface area (Å²) in [5.74, 6) is 0. The van der Waals surface area contributed by atoms with Crippen LogP contribution in [0, 0.1) is 0 Å². The minimum absolute atomic E-state index is 0.0251. The molecule has 1 N–H and O–H groups in total. The highest BCUT2D eigenvalue weighted by Gasteiger charge is 2.05. The zero-order chi connectivity index (χ0) is 11.3. The van der Waals surface area contributed by atoms with Crippen molar-refractivity contribution in [1.29, 1.82) is 0 Å². The molecule has 0 bridgehead atoms. The van der Waals surface area contributed by atoms with E-state index in [1.165, 1.54) is 0 Å². The van der Waals surface area contributed by atoms with E-state index in [-0.39, 0.29) is 6.04 Å². The average Bonchev–Trinajstić information content (AvgIpc) is 2.29. The van der Waals surface area contributed by atoms with Crippen LogP contribution >= 0.6 is 0 Å². The van der Waals surface area contributed by atoms with E-state index in [2.05, 4.69) is 15.1 Å². The normalized spacial score (nSPS) is 15.1. The lowest BCUT2D eigenvalue weighted by atomic mass is 10.2. The topological polar surface area (TPSA) is 57.8 Å². The Bertz CT molecular complexity index is 371. The molecule has 0 spiro atoms. The Morgan fingerprint density at radius 3 is 2.60 bits per heavy atom. The van der Waals surface area contributed by atoms with E-state index < -0.39 is 0 Å². The van der Waals surface area contributed by atoms with Gasteiger partial charge in [-0.2, -0.15) is 0 Å². The first-order valence-electron chi connectivity index (χ1n) is 4.79. The van der Waals surface area contributed by atoms with Crippen molar-refractivity contribution in [2.75, 3.05) is 0 Å². The predicted molar refractivity (Wildman–Crippen MR) is 60.7 cm³/mol. The highest BCUT2D eigenvalue weighted by Crippen LogP contribution is 2.13. The molecule has 4 heteroatoms.